The Labute approximate surface area is 118 Å². The molecule has 2 aliphatic rings. The van der Waals surface area contributed by atoms with Crippen molar-refractivity contribution >= 4 is 29.0 Å². The lowest BCUT2D eigenvalue weighted by Gasteiger charge is -2.51. The van der Waals surface area contributed by atoms with Gasteiger partial charge in [-0.05, 0) is 32.6 Å². The van der Waals surface area contributed by atoms with Crippen molar-refractivity contribution in [3.63, 3.8) is 0 Å². The van der Waals surface area contributed by atoms with E-state index in [-0.39, 0.29) is 16.8 Å². The van der Waals surface area contributed by atoms with E-state index in [9.17, 15) is 9.59 Å². The van der Waals surface area contributed by atoms with Gasteiger partial charge in [-0.3, -0.25) is 9.59 Å². The third-order valence-corrected chi connectivity index (χ3v) is 4.76. The van der Waals surface area contributed by atoms with E-state index >= 15 is 0 Å². The van der Waals surface area contributed by atoms with Crippen LogP contribution in [0.25, 0.3) is 0 Å². The van der Waals surface area contributed by atoms with Gasteiger partial charge in [0, 0.05) is 13.1 Å². The molecule has 6 heteroatoms. The predicted octanol–water partition coefficient (Wildman–Crippen LogP) is 0.426. The van der Waals surface area contributed by atoms with Gasteiger partial charge in [0.15, 0.2) is 0 Å². The normalized spacial score (nSPS) is 33.3. The Balaban J connectivity index is 2.28. The number of nitrogens with zero attached hydrogens (tertiary/aromatic N) is 1. The van der Waals surface area contributed by atoms with Crippen molar-refractivity contribution in [1.82, 2.24) is 10.2 Å². The van der Waals surface area contributed by atoms with E-state index in [4.69, 9.17) is 18.0 Å². The number of hydrogen-bond donors (Lipinski definition) is 2. The van der Waals surface area contributed by atoms with Gasteiger partial charge in [-0.1, -0.05) is 19.1 Å². The van der Waals surface area contributed by atoms with E-state index in [1.54, 1.807) is 18.7 Å². The second-order valence-corrected chi connectivity index (χ2v) is 6.67. The first-order valence-corrected chi connectivity index (χ1v) is 7.03. The molecular formula is C13H21N3O2S. The van der Waals surface area contributed by atoms with Crippen LogP contribution in [0, 0.1) is 11.3 Å². The molecule has 0 bridgehead atoms. The van der Waals surface area contributed by atoms with Gasteiger partial charge in [-0.25, -0.2) is 0 Å². The summed E-state index contributed by atoms with van der Waals surface area (Å²) in [7, 11) is 0. The molecule has 0 unspecified atom stereocenters. The Morgan fingerprint density at radius 1 is 1.47 bits per heavy atom. The topological polar surface area (TPSA) is 75.4 Å². The minimum atomic E-state index is -0.841. The van der Waals surface area contributed by atoms with Gasteiger partial charge in [0.05, 0.1) is 10.4 Å². The number of hydrogen-bond acceptors (Lipinski definition) is 3. The highest BCUT2D eigenvalue weighted by molar-refractivity contribution is 7.80. The molecule has 0 aromatic heterocycles. The lowest BCUT2D eigenvalue weighted by atomic mass is 9.61. The molecule has 1 heterocycles. The van der Waals surface area contributed by atoms with Crippen LogP contribution in [-0.4, -0.2) is 40.3 Å². The average Bonchev–Trinajstić information content (AvgIpc) is 2.27. The number of rotatable bonds is 2. The number of thiocarbonyl (C=S) groups is 1. The van der Waals surface area contributed by atoms with E-state index in [0.29, 0.717) is 31.8 Å². The van der Waals surface area contributed by atoms with Crippen molar-refractivity contribution in [2.24, 2.45) is 17.1 Å². The highest BCUT2D eigenvalue weighted by atomic mass is 32.1. The fourth-order valence-corrected chi connectivity index (χ4v) is 3.38. The zero-order chi connectivity index (χ0) is 14.4. The van der Waals surface area contributed by atoms with Crippen molar-refractivity contribution < 1.29 is 9.59 Å². The van der Waals surface area contributed by atoms with E-state index in [2.05, 4.69) is 12.2 Å². The maximum atomic E-state index is 12.8. The summed E-state index contributed by atoms with van der Waals surface area (Å²) < 4.78 is 0. The van der Waals surface area contributed by atoms with E-state index in [0.717, 1.165) is 0 Å². The van der Waals surface area contributed by atoms with Crippen LogP contribution in [0.3, 0.4) is 0 Å². The SMILES string of the molecule is CC1CC(C(=O)N2CCNC(=O)C2(C)C)(C(N)=S)C1. The minimum absolute atomic E-state index is 0.0852. The van der Waals surface area contributed by atoms with Crippen molar-refractivity contribution in [3.8, 4) is 0 Å². The molecule has 0 radical (unpaired) electrons. The minimum Gasteiger partial charge on any atom is -0.392 e. The van der Waals surface area contributed by atoms with Crippen molar-refractivity contribution in [2.75, 3.05) is 13.1 Å². The Morgan fingerprint density at radius 2 is 2.05 bits per heavy atom. The second-order valence-electron chi connectivity index (χ2n) is 6.23. The zero-order valence-electron chi connectivity index (χ0n) is 11.7. The smallest absolute Gasteiger partial charge is 0.245 e. The maximum Gasteiger partial charge on any atom is 0.245 e. The summed E-state index contributed by atoms with van der Waals surface area (Å²) in [5, 5.41) is 2.79. The molecule has 19 heavy (non-hydrogen) atoms. The molecule has 2 amide bonds. The first kappa shape index (κ1) is 14.2. The number of carbonyl (C=O) groups excluding carboxylic acids is 2. The van der Waals surface area contributed by atoms with E-state index in [1.807, 2.05) is 0 Å². The summed E-state index contributed by atoms with van der Waals surface area (Å²) in [5.74, 6) is 0.239. The number of piperazine rings is 1. The largest absolute Gasteiger partial charge is 0.392 e. The first-order chi connectivity index (χ1) is 8.71. The van der Waals surface area contributed by atoms with Gasteiger partial charge in [0.2, 0.25) is 11.8 Å². The molecule has 0 atom stereocenters. The van der Waals surface area contributed by atoms with Gasteiger partial charge in [-0.2, -0.15) is 0 Å². The Morgan fingerprint density at radius 3 is 2.53 bits per heavy atom. The summed E-state index contributed by atoms with van der Waals surface area (Å²) >= 11 is 5.11. The summed E-state index contributed by atoms with van der Waals surface area (Å²) in [6.45, 7) is 6.59. The van der Waals surface area contributed by atoms with Crippen LogP contribution in [-0.2, 0) is 9.59 Å². The standard InChI is InChI=1S/C13H21N3O2S/c1-8-6-13(7-8,9(14)19)11(18)16-5-4-15-10(17)12(16,2)3/h8H,4-7H2,1-3H3,(H2,14,19)(H,15,17). The highest BCUT2D eigenvalue weighted by Gasteiger charge is 2.55. The molecule has 2 fully saturated rings. The Bertz CT molecular complexity index is 441. The van der Waals surface area contributed by atoms with Crippen LogP contribution in [0.5, 0.6) is 0 Å². The molecule has 1 aliphatic carbocycles. The molecule has 5 nitrogen and oxygen atoms in total. The molecule has 3 N–H and O–H groups in total. The van der Waals surface area contributed by atoms with Crippen molar-refractivity contribution in [3.05, 3.63) is 0 Å². The molecule has 0 aromatic carbocycles. The third kappa shape index (κ3) is 2.02. The van der Waals surface area contributed by atoms with Crippen LogP contribution in [0.15, 0.2) is 0 Å². The van der Waals surface area contributed by atoms with E-state index < -0.39 is 11.0 Å². The van der Waals surface area contributed by atoms with Crippen LogP contribution in [0.2, 0.25) is 0 Å². The number of amides is 2. The summed E-state index contributed by atoms with van der Waals surface area (Å²) in [4.78, 5) is 26.7. The zero-order valence-corrected chi connectivity index (χ0v) is 12.5. The quantitative estimate of drug-likeness (QED) is 0.721. The van der Waals surface area contributed by atoms with Crippen molar-refractivity contribution in [2.45, 2.75) is 39.2 Å². The second kappa shape index (κ2) is 4.44. The van der Waals surface area contributed by atoms with Gasteiger partial charge in [0.25, 0.3) is 0 Å². The van der Waals surface area contributed by atoms with Crippen LogP contribution < -0.4 is 11.1 Å². The molecular weight excluding hydrogens is 262 g/mol. The molecule has 1 aliphatic heterocycles. The summed E-state index contributed by atoms with van der Waals surface area (Å²) in [6.07, 6.45) is 1.38. The first-order valence-electron chi connectivity index (χ1n) is 6.62. The highest BCUT2D eigenvalue weighted by Crippen LogP contribution is 2.48. The third-order valence-electron chi connectivity index (χ3n) is 4.37. The molecule has 106 valence electrons. The Kier molecular flexibility index (Phi) is 3.33. The van der Waals surface area contributed by atoms with Crippen LogP contribution in [0.4, 0.5) is 0 Å². The number of carbonyl (C=O) groups is 2. The van der Waals surface area contributed by atoms with Gasteiger partial charge in [-0.15, -0.1) is 0 Å². The monoisotopic (exact) mass is 283 g/mol. The average molecular weight is 283 g/mol. The van der Waals surface area contributed by atoms with Gasteiger partial charge >= 0.3 is 0 Å². The molecule has 1 saturated carbocycles. The van der Waals surface area contributed by atoms with Crippen LogP contribution >= 0.6 is 12.2 Å². The molecule has 2 rings (SSSR count). The molecule has 0 aromatic rings. The lowest BCUT2D eigenvalue weighted by Crippen LogP contribution is -2.68. The van der Waals surface area contributed by atoms with Gasteiger partial charge < -0.3 is 16.0 Å². The van der Waals surface area contributed by atoms with Crippen molar-refractivity contribution in [1.29, 1.82) is 0 Å². The fraction of sp³-hybridized carbons (Fsp3) is 0.769. The van der Waals surface area contributed by atoms with E-state index in [1.165, 1.54) is 0 Å². The fourth-order valence-electron chi connectivity index (χ4n) is 3.12. The summed E-state index contributed by atoms with van der Waals surface area (Å²) in [5.41, 5.74) is 4.24. The predicted molar refractivity (Wildman–Crippen MR) is 76.4 cm³/mol. The maximum absolute atomic E-state index is 12.8. The van der Waals surface area contributed by atoms with Gasteiger partial charge in [0.1, 0.15) is 5.54 Å². The molecule has 0 spiro atoms. The number of nitrogens with two attached hydrogens (primary N) is 1. The Hall–Kier alpha value is -1.17. The lowest BCUT2D eigenvalue weighted by molar-refractivity contribution is -0.158. The number of nitrogens with one attached hydrogen (secondary N) is 1. The van der Waals surface area contributed by atoms with Crippen LogP contribution in [0.1, 0.15) is 33.6 Å². The molecule has 1 saturated heterocycles. The summed E-state index contributed by atoms with van der Waals surface area (Å²) in [6, 6.07) is 0.